The van der Waals surface area contributed by atoms with Crippen molar-refractivity contribution in [3.8, 4) is 0 Å². The number of esters is 1. The van der Waals surface area contributed by atoms with E-state index < -0.39 is 0 Å². The van der Waals surface area contributed by atoms with Gasteiger partial charge < -0.3 is 9.30 Å². The predicted octanol–water partition coefficient (Wildman–Crippen LogP) is 0.626. The highest BCUT2D eigenvalue weighted by Gasteiger charge is 2.19. The van der Waals surface area contributed by atoms with Crippen LogP contribution in [0.3, 0.4) is 0 Å². The quantitative estimate of drug-likeness (QED) is 0.690. The molecule has 1 aliphatic heterocycles. The van der Waals surface area contributed by atoms with Gasteiger partial charge in [0.1, 0.15) is 5.82 Å². The number of carbonyl (C=O) groups excluding carboxylic acids is 1. The molecule has 0 atom stereocenters. The minimum absolute atomic E-state index is 0.114. The van der Waals surface area contributed by atoms with Crippen LogP contribution in [-0.4, -0.2) is 71.2 Å². The largest absolute Gasteiger partial charge is 0.465 e. The van der Waals surface area contributed by atoms with Gasteiger partial charge in [-0.05, 0) is 6.92 Å². The Morgan fingerprint density at radius 2 is 1.90 bits per heavy atom. The summed E-state index contributed by atoms with van der Waals surface area (Å²) in [4.78, 5) is 20.4. The van der Waals surface area contributed by atoms with Gasteiger partial charge in [-0.25, -0.2) is 4.98 Å². The van der Waals surface area contributed by atoms with E-state index in [1.165, 1.54) is 0 Å². The Morgan fingerprint density at radius 1 is 1.19 bits per heavy atom. The van der Waals surface area contributed by atoms with Gasteiger partial charge in [0.15, 0.2) is 0 Å². The Kier molecular flexibility index (Phi) is 6.20. The van der Waals surface area contributed by atoms with Gasteiger partial charge >= 0.3 is 5.97 Å². The van der Waals surface area contributed by atoms with Crippen LogP contribution in [-0.2, 0) is 22.5 Å². The maximum Gasteiger partial charge on any atom is 0.320 e. The molecule has 1 aromatic heterocycles. The topological polar surface area (TPSA) is 50.6 Å². The van der Waals surface area contributed by atoms with Crippen LogP contribution in [0.2, 0.25) is 0 Å². The van der Waals surface area contributed by atoms with Crippen molar-refractivity contribution in [3.63, 3.8) is 0 Å². The SMILES string of the molecule is CCOC(=O)CN1CCN(CCn2ccnc2CC)CC1. The number of carbonyl (C=O) groups is 1. The molecule has 0 amide bonds. The van der Waals surface area contributed by atoms with E-state index in [0.29, 0.717) is 13.2 Å². The zero-order chi connectivity index (χ0) is 15.1. The van der Waals surface area contributed by atoms with Gasteiger partial charge in [0.05, 0.1) is 13.2 Å². The summed E-state index contributed by atoms with van der Waals surface area (Å²) in [6.45, 7) is 10.8. The van der Waals surface area contributed by atoms with Crippen molar-refractivity contribution >= 4 is 5.97 Å². The van der Waals surface area contributed by atoms with Gasteiger partial charge in [-0.1, -0.05) is 6.92 Å². The average molecular weight is 294 g/mol. The predicted molar refractivity (Wildman–Crippen MR) is 81.1 cm³/mol. The van der Waals surface area contributed by atoms with Crippen LogP contribution in [0, 0.1) is 0 Å². The number of hydrogen-bond donors (Lipinski definition) is 0. The second kappa shape index (κ2) is 8.14. The molecule has 0 radical (unpaired) electrons. The van der Waals surface area contributed by atoms with Crippen molar-refractivity contribution in [1.29, 1.82) is 0 Å². The van der Waals surface area contributed by atoms with Crippen molar-refractivity contribution in [3.05, 3.63) is 18.2 Å². The molecule has 118 valence electrons. The smallest absolute Gasteiger partial charge is 0.320 e. The Balaban J connectivity index is 1.68. The minimum Gasteiger partial charge on any atom is -0.465 e. The molecule has 0 saturated carbocycles. The Morgan fingerprint density at radius 3 is 2.57 bits per heavy atom. The number of piperazine rings is 1. The van der Waals surface area contributed by atoms with Crippen LogP contribution in [0.5, 0.6) is 0 Å². The molecule has 6 nitrogen and oxygen atoms in total. The first-order valence-electron chi connectivity index (χ1n) is 7.83. The van der Waals surface area contributed by atoms with Crippen LogP contribution >= 0.6 is 0 Å². The first-order valence-corrected chi connectivity index (χ1v) is 7.83. The lowest BCUT2D eigenvalue weighted by Gasteiger charge is -2.34. The van der Waals surface area contributed by atoms with E-state index in [2.05, 4.69) is 32.5 Å². The van der Waals surface area contributed by atoms with E-state index >= 15 is 0 Å². The van der Waals surface area contributed by atoms with E-state index in [0.717, 1.165) is 51.5 Å². The number of nitrogens with zero attached hydrogens (tertiary/aromatic N) is 4. The Hall–Kier alpha value is -1.40. The summed E-state index contributed by atoms with van der Waals surface area (Å²) in [6.07, 6.45) is 4.90. The van der Waals surface area contributed by atoms with E-state index in [9.17, 15) is 4.79 Å². The van der Waals surface area contributed by atoms with Gasteiger partial charge in [0.25, 0.3) is 0 Å². The molecule has 1 aromatic rings. The molecule has 0 aliphatic carbocycles. The first kappa shape index (κ1) is 16.0. The van der Waals surface area contributed by atoms with Crippen LogP contribution in [0.25, 0.3) is 0 Å². The fraction of sp³-hybridized carbons (Fsp3) is 0.733. The Labute approximate surface area is 126 Å². The zero-order valence-electron chi connectivity index (χ0n) is 13.1. The summed E-state index contributed by atoms with van der Waals surface area (Å²) in [5.74, 6) is 1.04. The standard InChI is InChI=1S/C15H26N4O2/c1-3-14-16-5-6-19(14)12-11-17-7-9-18(10-8-17)13-15(20)21-4-2/h5-6H,3-4,7-13H2,1-2H3. The van der Waals surface area contributed by atoms with Crippen LogP contribution in [0.15, 0.2) is 12.4 Å². The monoisotopic (exact) mass is 294 g/mol. The molecule has 2 rings (SSSR count). The van der Waals surface area contributed by atoms with Crippen molar-refractivity contribution in [1.82, 2.24) is 19.4 Å². The van der Waals surface area contributed by atoms with Gasteiger partial charge in [-0.3, -0.25) is 14.6 Å². The average Bonchev–Trinajstić information content (AvgIpc) is 2.94. The fourth-order valence-corrected chi connectivity index (χ4v) is 2.67. The molecule has 1 fully saturated rings. The minimum atomic E-state index is -0.114. The number of hydrogen-bond acceptors (Lipinski definition) is 5. The molecule has 0 unspecified atom stereocenters. The summed E-state index contributed by atoms with van der Waals surface area (Å²) < 4.78 is 7.22. The summed E-state index contributed by atoms with van der Waals surface area (Å²) in [6, 6.07) is 0. The van der Waals surface area contributed by atoms with E-state index in [1.807, 2.05) is 13.1 Å². The van der Waals surface area contributed by atoms with Crippen LogP contribution in [0.4, 0.5) is 0 Å². The number of aromatic nitrogens is 2. The van der Waals surface area contributed by atoms with Crippen molar-refractivity contribution in [2.24, 2.45) is 0 Å². The van der Waals surface area contributed by atoms with Gasteiger partial charge in [-0.15, -0.1) is 0 Å². The molecule has 2 heterocycles. The molecule has 0 N–H and O–H groups in total. The lowest BCUT2D eigenvalue weighted by Crippen LogP contribution is -2.48. The Bertz CT molecular complexity index is 439. The van der Waals surface area contributed by atoms with Crippen molar-refractivity contribution in [2.75, 3.05) is 45.9 Å². The lowest BCUT2D eigenvalue weighted by molar-refractivity contribution is -0.144. The van der Waals surface area contributed by atoms with Gasteiger partial charge in [0, 0.05) is 58.1 Å². The highest BCUT2D eigenvalue weighted by atomic mass is 16.5. The molecule has 6 heteroatoms. The normalized spacial score (nSPS) is 17.0. The summed E-state index contributed by atoms with van der Waals surface area (Å²) in [5, 5.41) is 0. The fourth-order valence-electron chi connectivity index (χ4n) is 2.67. The summed E-state index contributed by atoms with van der Waals surface area (Å²) in [5.41, 5.74) is 0. The first-order chi connectivity index (χ1) is 10.2. The van der Waals surface area contributed by atoms with Gasteiger partial charge in [-0.2, -0.15) is 0 Å². The van der Waals surface area contributed by atoms with E-state index in [1.54, 1.807) is 0 Å². The molecular weight excluding hydrogens is 268 g/mol. The molecule has 21 heavy (non-hydrogen) atoms. The second-order valence-electron chi connectivity index (χ2n) is 5.31. The number of ether oxygens (including phenoxy) is 1. The lowest BCUT2D eigenvalue weighted by atomic mass is 10.3. The number of aryl methyl sites for hydroxylation is 1. The molecule has 1 saturated heterocycles. The van der Waals surface area contributed by atoms with Crippen LogP contribution < -0.4 is 0 Å². The summed E-state index contributed by atoms with van der Waals surface area (Å²) in [7, 11) is 0. The van der Waals surface area contributed by atoms with E-state index in [4.69, 9.17) is 4.74 Å². The molecule has 0 aromatic carbocycles. The second-order valence-corrected chi connectivity index (χ2v) is 5.31. The number of imidazole rings is 1. The highest BCUT2D eigenvalue weighted by Crippen LogP contribution is 2.04. The number of rotatable bonds is 7. The third kappa shape index (κ3) is 4.82. The molecule has 1 aliphatic rings. The van der Waals surface area contributed by atoms with Gasteiger partial charge in [0.2, 0.25) is 0 Å². The zero-order valence-corrected chi connectivity index (χ0v) is 13.1. The maximum atomic E-state index is 11.5. The molecular formula is C15H26N4O2. The van der Waals surface area contributed by atoms with Crippen molar-refractivity contribution < 1.29 is 9.53 Å². The van der Waals surface area contributed by atoms with Crippen LogP contribution in [0.1, 0.15) is 19.7 Å². The molecule has 0 spiro atoms. The maximum absolute atomic E-state index is 11.5. The van der Waals surface area contributed by atoms with E-state index in [-0.39, 0.29) is 5.97 Å². The highest BCUT2D eigenvalue weighted by molar-refractivity contribution is 5.71. The third-order valence-electron chi connectivity index (χ3n) is 3.90. The summed E-state index contributed by atoms with van der Waals surface area (Å²) >= 11 is 0. The molecule has 0 bridgehead atoms. The third-order valence-corrected chi connectivity index (χ3v) is 3.90. The van der Waals surface area contributed by atoms with Crippen molar-refractivity contribution in [2.45, 2.75) is 26.8 Å².